The van der Waals surface area contributed by atoms with Crippen LogP contribution in [0, 0.1) is 13.8 Å². The zero-order valence-corrected chi connectivity index (χ0v) is 11.8. The number of aromatic nitrogens is 2. The van der Waals surface area contributed by atoms with Gasteiger partial charge in [-0.2, -0.15) is 5.10 Å². The van der Waals surface area contributed by atoms with Crippen molar-refractivity contribution in [2.45, 2.75) is 40.0 Å². The third-order valence-electron chi connectivity index (χ3n) is 2.96. The highest BCUT2D eigenvalue weighted by molar-refractivity contribution is 5.46. The van der Waals surface area contributed by atoms with Crippen LogP contribution in [0.3, 0.4) is 0 Å². The second kappa shape index (κ2) is 4.16. The van der Waals surface area contributed by atoms with Gasteiger partial charge in [-0.25, -0.2) is 4.68 Å². The Kier molecular flexibility index (Phi) is 2.93. The number of hydrogen-bond acceptors (Lipinski definition) is 2. The van der Waals surface area contributed by atoms with E-state index in [1.54, 1.807) is 0 Å². The van der Waals surface area contributed by atoms with Crippen LogP contribution >= 0.6 is 0 Å². The normalized spacial score (nSPS) is 11.8. The van der Waals surface area contributed by atoms with Crippen LogP contribution in [0.15, 0.2) is 24.3 Å². The number of hydrogen-bond donors (Lipinski definition) is 1. The van der Waals surface area contributed by atoms with Crippen LogP contribution in [0.1, 0.15) is 37.6 Å². The van der Waals surface area contributed by atoms with Crippen molar-refractivity contribution in [3.05, 3.63) is 41.1 Å². The molecule has 0 atom stereocenters. The minimum Gasteiger partial charge on any atom is -0.384 e. The van der Waals surface area contributed by atoms with E-state index in [2.05, 4.69) is 57.9 Å². The van der Waals surface area contributed by atoms with E-state index in [9.17, 15) is 0 Å². The molecule has 0 aliphatic heterocycles. The van der Waals surface area contributed by atoms with E-state index in [1.165, 1.54) is 11.1 Å². The molecule has 0 saturated heterocycles. The summed E-state index contributed by atoms with van der Waals surface area (Å²) in [6.45, 7) is 10.6. The van der Waals surface area contributed by atoms with Gasteiger partial charge in [-0.3, -0.25) is 0 Å². The van der Waals surface area contributed by atoms with Gasteiger partial charge < -0.3 is 5.73 Å². The lowest BCUT2D eigenvalue weighted by atomic mass is 9.92. The molecule has 96 valence electrons. The Labute approximate surface area is 109 Å². The van der Waals surface area contributed by atoms with E-state index < -0.39 is 0 Å². The van der Waals surface area contributed by atoms with Gasteiger partial charge in [0, 0.05) is 11.5 Å². The Bertz CT molecular complexity index is 554. The molecule has 0 unspecified atom stereocenters. The first kappa shape index (κ1) is 12.7. The van der Waals surface area contributed by atoms with Crippen molar-refractivity contribution in [1.82, 2.24) is 9.78 Å². The standard InChI is InChI=1S/C15H21N3/c1-10-6-11(2)8-12(7-10)18-14(16)9-13(17-18)15(3,4)5/h6-9H,16H2,1-5H3. The van der Waals surface area contributed by atoms with Gasteiger partial charge in [-0.15, -0.1) is 0 Å². The number of rotatable bonds is 1. The lowest BCUT2D eigenvalue weighted by Crippen LogP contribution is -2.12. The second-order valence-corrected chi connectivity index (χ2v) is 5.96. The van der Waals surface area contributed by atoms with Crippen LogP contribution in [-0.2, 0) is 5.41 Å². The van der Waals surface area contributed by atoms with Crippen molar-refractivity contribution in [3.8, 4) is 5.69 Å². The van der Waals surface area contributed by atoms with Gasteiger partial charge in [0.2, 0.25) is 0 Å². The fraction of sp³-hybridized carbons (Fsp3) is 0.400. The summed E-state index contributed by atoms with van der Waals surface area (Å²) in [4.78, 5) is 0. The Morgan fingerprint density at radius 3 is 2.00 bits per heavy atom. The number of nitrogen functional groups attached to an aromatic ring is 1. The van der Waals surface area contributed by atoms with Crippen LogP contribution in [0.25, 0.3) is 5.69 Å². The Balaban J connectivity index is 2.54. The van der Waals surface area contributed by atoms with Gasteiger partial charge in [-0.1, -0.05) is 26.8 Å². The zero-order valence-electron chi connectivity index (χ0n) is 11.8. The van der Waals surface area contributed by atoms with E-state index in [4.69, 9.17) is 5.73 Å². The van der Waals surface area contributed by atoms with Crippen LogP contribution in [0.4, 0.5) is 5.82 Å². The summed E-state index contributed by atoms with van der Waals surface area (Å²) < 4.78 is 1.82. The summed E-state index contributed by atoms with van der Waals surface area (Å²) in [7, 11) is 0. The molecule has 1 heterocycles. The van der Waals surface area contributed by atoms with E-state index in [-0.39, 0.29) is 5.41 Å². The summed E-state index contributed by atoms with van der Waals surface area (Å²) in [6.07, 6.45) is 0. The zero-order chi connectivity index (χ0) is 13.5. The highest BCUT2D eigenvalue weighted by atomic mass is 15.3. The number of nitrogens with zero attached hydrogens (tertiary/aromatic N) is 2. The van der Waals surface area contributed by atoms with Gasteiger partial charge in [0.05, 0.1) is 11.4 Å². The maximum Gasteiger partial charge on any atom is 0.127 e. The molecule has 2 aromatic rings. The summed E-state index contributed by atoms with van der Waals surface area (Å²) >= 11 is 0. The molecule has 0 saturated carbocycles. The third kappa shape index (κ3) is 2.40. The number of benzene rings is 1. The topological polar surface area (TPSA) is 43.8 Å². The predicted molar refractivity (Wildman–Crippen MR) is 76.2 cm³/mol. The number of anilines is 1. The van der Waals surface area contributed by atoms with Gasteiger partial charge in [-0.05, 0) is 37.1 Å². The lowest BCUT2D eigenvalue weighted by molar-refractivity contribution is 0.560. The quantitative estimate of drug-likeness (QED) is 0.834. The Morgan fingerprint density at radius 1 is 1.00 bits per heavy atom. The van der Waals surface area contributed by atoms with Gasteiger partial charge in [0.1, 0.15) is 5.82 Å². The maximum absolute atomic E-state index is 6.07. The minimum absolute atomic E-state index is 0.0121. The molecule has 0 aliphatic rings. The lowest BCUT2D eigenvalue weighted by Gasteiger charge is -2.14. The maximum atomic E-state index is 6.07. The highest BCUT2D eigenvalue weighted by Crippen LogP contribution is 2.25. The van der Waals surface area contributed by atoms with Crippen molar-refractivity contribution in [1.29, 1.82) is 0 Å². The van der Waals surface area contributed by atoms with Crippen molar-refractivity contribution >= 4 is 5.82 Å². The molecule has 2 rings (SSSR count). The third-order valence-corrected chi connectivity index (χ3v) is 2.96. The molecular weight excluding hydrogens is 222 g/mol. The summed E-state index contributed by atoms with van der Waals surface area (Å²) in [6, 6.07) is 8.30. The van der Waals surface area contributed by atoms with Crippen LogP contribution in [0.2, 0.25) is 0 Å². The Hall–Kier alpha value is -1.77. The first-order valence-corrected chi connectivity index (χ1v) is 6.22. The first-order chi connectivity index (χ1) is 8.27. The smallest absolute Gasteiger partial charge is 0.127 e. The number of aryl methyl sites for hydroxylation is 2. The second-order valence-electron chi connectivity index (χ2n) is 5.96. The fourth-order valence-electron chi connectivity index (χ4n) is 2.04. The number of nitrogens with two attached hydrogens (primary N) is 1. The van der Waals surface area contributed by atoms with Crippen LogP contribution in [0.5, 0.6) is 0 Å². The molecule has 1 aromatic carbocycles. The molecule has 0 bridgehead atoms. The molecule has 0 aliphatic carbocycles. The molecule has 0 radical (unpaired) electrons. The molecular formula is C15H21N3. The SMILES string of the molecule is Cc1cc(C)cc(-n2nc(C(C)(C)C)cc2N)c1. The van der Waals surface area contributed by atoms with E-state index in [0.717, 1.165) is 11.4 Å². The van der Waals surface area contributed by atoms with Gasteiger partial charge in [0.15, 0.2) is 0 Å². The molecule has 18 heavy (non-hydrogen) atoms. The predicted octanol–water partition coefficient (Wildman–Crippen LogP) is 3.37. The fourth-order valence-corrected chi connectivity index (χ4v) is 2.04. The molecule has 0 amide bonds. The van der Waals surface area contributed by atoms with Crippen LogP contribution < -0.4 is 5.73 Å². The van der Waals surface area contributed by atoms with Gasteiger partial charge in [0.25, 0.3) is 0 Å². The average molecular weight is 243 g/mol. The largest absolute Gasteiger partial charge is 0.384 e. The molecule has 0 fully saturated rings. The molecule has 3 heteroatoms. The van der Waals surface area contributed by atoms with Crippen molar-refractivity contribution in [2.24, 2.45) is 0 Å². The van der Waals surface area contributed by atoms with Crippen LogP contribution in [-0.4, -0.2) is 9.78 Å². The van der Waals surface area contributed by atoms with E-state index >= 15 is 0 Å². The van der Waals surface area contributed by atoms with Crippen molar-refractivity contribution < 1.29 is 0 Å². The molecule has 0 spiro atoms. The van der Waals surface area contributed by atoms with E-state index in [1.807, 2.05) is 10.7 Å². The first-order valence-electron chi connectivity index (χ1n) is 6.22. The van der Waals surface area contributed by atoms with Gasteiger partial charge >= 0.3 is 0 Å². The Morgan fingerprint density at radius 2 is 1.56 bits per heavy atom. The minimum atomic E-state index is 0.0121. The highest BCUT2D eigenvalue weighted by Gasteiger charge is 2.19. The van der Waals surface area contributed by atoms with Crippen molar-refractivity contribution in [3.63, 3.8) is 0 Å². The summed E-state index contributed by atoms with van der Waals surface area (Å²) in [5, 5.41) is 4.63. The molecule has 2 N–H and O–H groups in total. The molecule has 1 aromatic heterocycles. The summed E-state index contributed by atoms with van der Waals surface area (Å²) in [5.74, 6) is 0.685. The average Bonchev–Trinajstić information content (AvgIpc) is 2.58. The van der Waals surface area contributed by atoms with E-state index in [0.29, 0.717) is 5.82 Å². The summed E-state index contributed by atoms with van der Waals surface area (Å²) in [5.41, 5.74) is 10.6. The van der Waals surface area contributed by atoms with Crippen molar-refractivity contribution in [2.75, 3.05) is 5.73 Å². The monoisotopic (exact) mass is 243 g/mol. The molecule has 3 nitrogen and oxygen atoms in total.